The smallest absolute Gasteiger partial charge is 0.252 e. The Morgan fingerprint density at radius 2 is 2.00 bits per heavy atom. The van der Waals surface area contributed by atoms with Crippen LogP contribution in [0.3, 0.4) is 0 Å². The van der Waals surface area contributed by atoms with Gasteiger partial charge in [-0.05, 0) is 35.6 Å². The van der Waals surface area contributed by atoms with Gasteiger partial charge in [0.25, 0.3) is 5.91 Å². The van der Waals surface area contributed by atoms with Crippen molar-refractivity contribution in [3.05, 3.63) is 41.6 Å². The Bertz CT molecular complexity index is 626. The van der Waals surface area contributed by atoms with Crippen molar-refractivity contribution >= 4 is 16.8 Å². The molecule has 0 atom stereocenters. The first-order valence-electron chi connectivity index (χ1n) is 7.10. The summed E-state index contributed by atoms with van der Waals surface area (Å²) < 4.78 is 0. The van der Waals surface area contributed by atoms with E-state index in [0.717, 1.165) is 17.3 Å². The lowest BCUT2D eigenvalue weighted by atomic mass is 9.86. The second kappa shape index (κ2) is 5.61. The van der Waals surface area contributed by atoms with Crippen LogP contribution in [0.15, 0.2) is 30.5 Å². The Kier molecular flexibility index (Phi) is 4.07. The highest BCUT2D eigenvalue weighted by molar-refractivity contribution is 5.97. The minimum absolute atomic E-state index is 0.0533. The van der Waals surface area contributed by atoms with Crippen molar-refractivity contribution < 1.29 is 4.79 Å². The summed E-state index contributed by atoms with van der Waals surface area (Å²) >= 11 is 0. The lowest BCUT2D eigenvalue weighted by Crippen LogP contribution is -2.24. The summed E-state index contributed by atoms with van der Waals surface area (Å²) in [7, 11) is 0. The summed E-state index contributed by atoms with van der Waals surface area (Å²) in [6, 6.07) is 8.16. The summed E-state index contributed by atoms with van der Waals surface area (Å²) in [6.07, 6.45) is 2.57. The van der Waals surface area contributed by atoms with Crippen LogP contribution in [-0.4, -0.2) is 17.4 Å². The van der Waals surface area contributed by atoms with Crippen molar-refractivity contribution in [2.75, 3.05) is 6.54 Å². The molecule has 0 unspecified atom stereocenters. The van der Waals surface area contributed by atoms with Gasteiger partial charge in [0.05, 0.1) is 11.1 Å². The fourth-order valence-electron chi connectivity index (χ4n) is 2.06. The highest BCUT2D eigenvalue weighted by Crippen LogP contribution is 2.25. The van der Waals surface area contributed by atoms with Gasteiger partial charge in [-0.1, -0.05) is 33.8 Å². The van der Waals surface area contributed by atoms with E-state index >= 15 is 0 Å². The van der Waals surface area contributed by atoms with Crippen LogP contribution in [0.25, 0.3) is 10.9 Å². The molecule has 0 saturated heterocycles. The molecule has 0 aliphatic carbocycles. The number of benzene rings is 1. The number of nitrogens with zero attached hydrogens (tertiary/aromatic N) is 1. The first kappa shape index (κ1) is 14.5. The van der Waals surface area contributed by atoms with E-state index in [1.807, 2.05) is 19.1 Å². The minimum atomic E-state index is -0.0533. The van der Waals surface area contributed by atoms with Gasteiger partial charge in [0.1, 0.15) is 0 Å². The summed E-state index contributed by atoms with van der Waals surface area (Å²) in [5.41, 5.74) is 2.88. The van der Waals surface area contributed by atoms with E-state index in [1.54, 1.807) is 6.20 Å². The van der Waals surface area contributed by atoms with Gasteiger partial charge in [-0.2, -0.15) is 0 Å². The van der Waals surface area contributed by atoms with Crippen LogP contribution >= 0.6 is 0 Å². The maximum Gasteiger partial charge on any atom is 0.252 e. The fraction of sp³-hybridized carbons (Fsp3) is 0.412. The molecule has 106 valence electrons. The second-order valence-corrected chi connectivity index (χ2v) is 6.14. The Balaban J connectivity index is 2.39. The Hall–Kier alpha value is -1.90. The molecule has 0 saturated carbocycles. The van der Waals surface area contributed by atoms with Crippen LogP contribution in [0.4, 0.5) is 0 Å². The van der Waals surface area contributed by atoms with E-state index in [2.05, 4.69) is 43.2 Å². The molecule has 0 aliphatic heterocycles. The van der Waals surface area contributed by atoms with Crippen LogP contribution in [-0.2, 0) is 5.41 Å². The van der Waals surface area contributed by atoms with E-state index in [0.29, 0.717) is 12.1 Å². The summed E-state index contributed by atoms with van der Waals surface area (Å²) in [6.45, 7) is 9.27. The molecule has 0 bridgehead atoms. The third kappa shape index (κ3) is 3.16. The first-order valence-corrected chi connectivity index (χ1v) is 7.10. The SMILES string of the molecule is CCCNC(=O)c1cnc2ccc(C(C)(C)C)cc2c1. The van der Waals surface area contributed by atoms with E-state index in [-0.39, 0.29) is 11.3 Å². The van der Waals surface area contributed by atoms with Crippen LogP contribution < -0.4 is 5.32 Å². The molecule has 0 spiro atoms. The lowest BCUT2D eigenvalue weighted by molar-refractivity contribution is 0.0953. The van der Waals surface area contributed by atoms with Gasteiger partial charge in [0.15, 0.2) is 0 Å². The third-order valence-electron chi connectivity index (χ3n) is 3.35. The predicted octanol–water partition coefficient (Wildman–Crippen LogP) is 3.67. The van der Waals surface area contributed by atoms with E-state index in [4.69, 9.17) is 0 Å². The Morgan fingerprint density at radius 1 is 1.25 bits per heavy atom. The summed E-state index contributed by atoms with van der Waals surface area (Å²) in [4.78, 5) is 16.4. The van der Waals surface area contributed by atoms with Crippen LogP contribution in [0, 0.1) is 0 Å². The molecule has 0 radical (unpaired) electrons. The Morgan fingerprint density at radius 3 is 2.65 bits per heavy atom. The number of carbonyl (C=O) groups is 1. The van der Waals surface area contributed by atoms with Crippen molar-refractivity contribution in [2.45, 2.75) is 39.5 Å². The summed E-state index contributed by atoms with van der Waals surface area (Å²) in [5, 5.41) is 3.89. The number of nitrogens with one attached hydrogen (secondary N) is 1. The van der Waals surface area contributed by atoms with Crippen molar-refractivity contribution in [1.82, 2.24) is 10.3 Å². The van der Waals surface area contributed by atoms with Crippen molar-refractivity contribution in [1.29, 1.82) is 0 Å². The number of hydrogen-bond acceptors (Lipinski definition) is 2. The maximum atomic E-state index is 12.0. The zero-order chi connectivity index (χ0) is 14.8. The van der Waals surface area contributed by atoms with Crippen molar-refractivity contribution in [3.8, 4) is 0 Å². The van der Waals surface area contributed by atoms with Crippen molar-refractivity contribution in [3.63, 3.8) is 0 Å². The molecule has 3 heteroatoms. The third-order valence-corrected chi connectivity index (χ3v) is 3.35. The topological polar surface area (TPSA) is 42.0 Å². The van der Waals surface area contributed by atoms with Crippen LogP contribution in [0.5, 0.6) is 0 Å². The van der Waals surface area contributed by atoms with E-state index in [9.17, 15) is 4.79 Å². The molecular formula is C17H22N2O. The molecule has 1 N–H and O–H groups in total. The minimum Gasteiger partial charge on any atom is -0.352 e. The highest BCUT2D eigenvalue weighted by atomic mass is 16.1. The largest absolute Gasteiger partial charge is 0.352 e. The molecule has 1 aromatic heterocycles. The number of hydrogen-bond donors (Lipinski definition) is 1. The highest BCUT2D eigenvalue weighted by Gasteiger charge is 2.14. The second-order valence-electron chi connectivity index (χ2n) is 6.14. The molecule has 20 heavy (non-hydrogen) atoms. The number of pyridine rings is 1. The zero-order valence-electron chi connectivity index (χ0n) is 12.7. The zero-order valence-corrected chi connectivity index (χ0v) is 12.7. The summed E-state index contributed by atoms with van der Waals surface area (Å²) in [5.74, 6) is -0.0533. The van der Waals surface area contributed by atoms with Gasteiger partial charge >= 0.3 is 0 Å². The molecule has 2 aromatic rings. The molecule has 1 aromatic carbocycles. The van der Waals surface area contributed by atoms with Gasteiger partial charge in [0.2, 0.25) is 0 Å². The average Bonchev–Trinajstić information content (AvgIpc) is 2.42. The van der Waals surface area contributed by atoms with Gasteiger partial charge in [-0.25, -0.2) is 0 Å². The van der Waals surface area contributed by atoms with Gasteiger partial charge in [-0.15, -0.1) is 0 Å². The molecular weight excluding hydrogens is 248 g/mol. The molecule has 1 heterocycles. The van der Waals surface area contributed by atoms with E-state index in [1.165, 1.54) is 5.56 Å². The van der Waals surface area contributed by atoms with E-state index < -0.39 is 0 Å². The standard InChI is InChI=1S/C17H22N2O/c1-5-8-18-16(20)13-9-12-10-14(17(2,3)4)6-7-15(12)19-11-13/h6-7,9-11H,5,8H2,1-4H3,(H,18,20). The average molecular weight is 270 g/mol. The molecule has 1 amide bonds. The van der Waals surface area contributed by atoms with Gasteiger partial charge < -0.3 is 5.32 Å². The number of rotatable bonds is 3. The number of aromatic nitrogens is 1. The maximum absolute atomic E-state index is 12.0. The number of amides is 1. The monoisotopic (exact) mass is 270 g/mol. The normalized spacial score (nSPS) is 11.6. The lowest BCUT2D eigenvalue weighted by Gasteiger charge is -2.19. The van der Waals surface area contributed by atoms with Crippen LogP contribution in [0.1, 0.15) is 50.0 Å². The number of carbonyl (C=O) groups excluding carboxylic acids is 1. The fourth-order valence-corrected chi connectivity index (χ4v) is 2.06. The van der Waals surface area contributed by atoms with Gasteiger partial charge in [-0.3, -0.25) is 9.78 Å². The molecule has 0 fully saturated rings. The number of fused-ring (bicyclic) bond motifs is 1. The Labute approximate surface area is 120 Å². The molecule has 3 nitrogen and oxygen atoms in total. The quantitative estimate of drug-likeness (QED) is 0.924. The van der Waals surface area contributed by atoms with Gasteiger partial charge in [0, 0.05) is 18.1 Å². The predicted molar refractivity (Wildman–Crippen MR) is 83.1 cm³/mol. The first-order chi connectivity index (χ1) is 9.41. The molecule has 0 aliphatic rings. The van der Waals surface area contributed by atoms with Crippen LogP contribution in [0.2, 0.25) is 0 Å². The molecule has 2 rings (SSSR count). The van der Waals surface area contributed by atoms with Crippen molar-refractivity contribution in [2.24, 2.45) is 0 Å².